The van der Waals surface area contributed by atoms with Gasteiger partial charge >= 0.3 is 0 Å². The van der Waals surface area contributed by atoms with Crippen LogP contribution in [-0.4, -0.2) is 47.0 Å². The highest BCUT2D eigenvalue weighted by atomic mass is 19.2. The molecule has 2 aromatic rings. The van der Waals surface area contributed by atoms with Crippen LogP contribution in [0.3, 0.4) is 0 Å². The van der Waals surface area contributed by atoms with Crippen LogP contribution in [-0.2, 0) is 19.4 Å². The van der Waals surface area contributed by atoms with E-state index in [2.05, 4.69) is 25.9 Å². The molecule has 30 heavy (non-hydrogen) atoms. The average Bonchev–Trinajstić information content (AvgIpc) is 3.14. The fourth-order valence-electron chi connectivity index (χ4n) is 4.48. The Labute approximate surface area is 176 Å². The minimum atomic E-state index is -0.828. The number of halogens is 2. The molecule has 1 aliphatic heterocycles. The van der Waals surface area contributed by atoms with Crippen molar-refractivity contribution in [3.05, 3.63) is 52.4 Å². The first-order chi connectivity index (χ1) is 14.2. The fourth-order valence-corrected chi connectivity index (χ4v) is 4.48. The summed E-state index contributed by atoms with van der Waals surface area (Å²) in [4.78, 5) is 17.0. The van der Waals surface area contributed by atoms with Crippen LogP contribution in [0.1, 0.15) is 54.6 Å². The lowest BCUT2D eigenvalue weighted by Gasteiger charge is -2.35. The predicted molar refractivity (Wildman–Crippen MR) is 109 cm³/mol. The third-order valence-corrected chi connectivity index (χ3v) is 6.55. The molecular formula is C23H29F2N3O2. The number of nitrogens with zero attached hydrogens (tertiary/aromatic N) is 3. The van der Waals surface area contributed by atoms with E-state index in [4.69, 9.17) is 4.52 Å². The van der Waals surface area contributed by atoms with Gasteiger partial charge in [-0.2, -0.15) is 0 Å². The van der Waals surface area contributed by atoms with E-state index >= 15 is 0 Å². The molecule has 1 aromatic heterocycles. The zero-order valence-corrected chi connectivity index (χ0v) is 17.9. The summed E-state index contributed by atoms with van der Waals surface area (Å²) in [5, 5.41) is 4.13. The van der Waals surface area contributed by atoms with E-state index in [1.807, 2.05) is 4.90 Å². The standard InChI is InChI=1S/C23H29F2N3O2/c1-23(2,3)16-7-8-19-17(13-16)21(26-30-19)22(29)28-11-9-27(10-12-28)14-15-5-4-6-18(24)20(15)25/h4-6,16H,7-14H2,1-3H3. The highest BCUT2D eigenvalue weighted by Crippen LogP contribution is 2.38. The van der Waals surface area contributed by atoms with Gasteiger partial charge in [-0.3, -0.25) is 9.69 Å². The summed E-state index contributed by atoms with van der Waals surface area (Å²) >= 11 is 0. The zero-order valence-electron chi connectivity index (χ0n) is 17.9. The minimum Gasteiger partial charge on any atom is -0.360 e. The van der Waals surface area contributed by atoms with E-state index in [1.165, 1.54) is 6.07 Å². The maximum atomic E-state index is 13.9. The van der Waals surface area contributed by atoms with E-state index in [0.717, 1.165) is 36.7 Å². The largest absolute Gasteiger partial charge is 0.360 e. The Morgan fingerprint density at radius 2 is 1.93 bits per heavy atom. The van der Waals surface area contributed by atoms with Gasteiger partial charge in [-0.05, 0) is 30.2 Å². The van der Waals surface area contributed by atoms with Crippen LogP contribution < -0.4 is 0 Å². The first kappa shape index (κ1) is 21.0. The normalized spacial score (nSPS) is 20.3. The van der Waals surface area contributed by atoms with E-state index in [0.29, 0.717) is 49.9 Å². The van der Waals surface area contributed by atoms with Crippen LogP contribution in [0, 0.1) is 23.0 Å². The van der Waals surface area contributed by atoms with E-state index < -0.39 is 11.6 Å². The lowest BCUT2D eigenvalue weighted by Crippen LogP contribution is -2.48. The lowest BCUT2D eigenvalue weighted by molar-refractivity contribution is 0.0615. The Balaban J connectivity index is 1.40. The second-order valence-corrected chi connectivity index (χ2v) is 9.52. The Bertz CT molecular complexity index is 927. The molecule has 0 saturated carbocycles. The summed E-state index contributed by atoms with van der Waals surface area (Å²) in [6, 6.07) is 4.24. The summed E-state index contributed by atoms with van der Waals surface area (Å²) in [5.74, 6) is -0.372. The van der Waals surface area contributed by atoms with Crippen molar-refractivity contribution < 1.29 is 18.1 Å². The van der Waals surface area contributed by atoms with Crippen molar-refractivity contribution in [3.63, 3.8) is 0 Å². The van der Waals surface area contributed by atoms with E-state index in [-0.39, 0.29) is 11.3 Å². The molecule has 1 saturated heterocycles. The van der Waals surface area contributed by atoms with Gasteiger partial charge in [0.15, 0.2) is 17.3 Å². The molecule has 1 aliphatic carbocycles. The number of benzene rings is 1. The third kappa shape index (κ3) is 4.13. The Morgan fingerprint density at radius 1 is 1.20 bits per heavy atom. The van der Waals surface area contributed by atoms with Gasteiger partial charge in [-0.25, -0.2) is 8.78 Å². The van der Waals surface area contributed by atoms with Gasteiger partial charge in [0.2, 0.25) is 0 Å². The number of fused-ring (bicyclic) bond motifs is 1. The maximum absolute atomic E-state index is 13.9. The number of rotatable bonds is 3. The van der Waals surface area contributed by atoms with Crippen LogP contribution in [0.4, 0.5) is 8.78 Å². The molecular weight excluding hydrogens is 388 g/mol. The molecule has 2 aliphatic rings. The topological polar surface area (TPSA) is 49.6 Å². The summed E-state index contributed by atoms with van der Waals surface area (Å²) < 4.78 is 32.9. The Morgan fingerprint density at radius 3 is 2.63 bits per heavy atom. The molecule has 162 valence electrons. The summed E-state index contributed by atoms with van der Waals surface area (Å²) in [7, 11) is 0. The lowest BCUT2D eigenvalue weighted by atomic mass is 9.71. The SMILES string of the molecule is CC(C)(C)C1CCc2onc(C(=O)N3CCN(Cc4cccc(F)c4F)CC3)c2C1. The number of amides is 1. The number of hydrogen-bond donors (Lipinski definition) is 0. The van der Waals surface area contributed by atoms with Gasteiger partial charge in [-0.1, -0.05) is 38.1 Å². The monoisotopic (exact) mass is 417 g/mol. The van der Waals surface area contributed by atoms with Crippen molar-refractivity contribution in [3.8, 4) is 0 Å². The van der Waals surface area contributed by atoms with Crippen LogP contribution in [0.2, 0.25) is 0 Å². The smallest absolute Gasteiger partial charge is 0.276 e. The van der Waals surface area contributed by atoms with Gasteiger partial charge in [0.1, 0.15) is 5.76 Å². The molecule has 1 unspecified atom stereocenters. The van der Waals surface area contributed by atoms with Crippen molar-refractivity contribution in [1.82, 2.24) is 15.0 Å². The first-order valence-electron chi connectivity index (χ1n) is 10.7. The highest BCUT2D eigenvalue weighted by molar-refractivity contribution is 5.94. The van der Waals surface area contributed by atoms with Crippen molar-refractivity contribution in [2.45, 2.75) is 46.6 Å². The zero-order chi connectivity index (χ0) is 21.5. The predicted octanol–water partition coefficient (Wildman–Crippen LogP) is 4.06. The average molecular weight is 418 g/mol. The Kier molecular flexibility index (Phi) is 5.66. The third-order valence-electron chi connectivity index (χ3n) is 6.55. The number of piperazine rings is 1. The molecule has 7 heteroatoms. The number of aromatic nitrogens is 1. The second kappa shape index (κ2) is 8.10. The molecule has 5 nitrogen and oxygen atoms in total. The molecule has 0 N–H and O–H groups in total. The number of carbonyl (C=O) groups is 1. The summed E-state index contributed by atoms with van der Waals surface area (Å²) in [6.45, 7) is 9.30. The quantitative estimate of drug-likeness (QED) is 0.756. The van der Waals surface area contributed by atoms with Crippen molar-refractivity contribution in [2.24, 2.45) is 11.3 Å². The second-order valence-electron chi connectivity index (χ2n) is 9.52. The van der Waals surface area contributed by atoms with Crippen molar-refractivity contribution in [2.75, 3.05) is 26.2 Å². The van der Waals surface area contributed by atoms with Crippen molar-refractivity contribution >= 4 is 5.91 Å². The molecule has 0 spiro atoms. The Hall–Kier alpha value is -2.28. The van der Waals surface area contributed by atoms with Gasteiger partial charge in [0, 0.05) is 50.3 Å². The van der Waals surface area contributed by atoms with Crippen LogP contribution in [0.15, 0.2) is 22.7 Å². The van der Waals surface area contributed by atoms with E-state index in [1.54, 1.807) is 11.0 Å². The van der Waals surface area contributed by atoms with Gasteiger partial charge in [-0.15, -0.1) is 0 Å². The van der Waals surface area contributed by atoms with Crippen molar-refractivity contribution in [1.29, 1.82) is 0 Å². The van der Waals surface area contributed by atoms with Gasteiger partial charge in [0.25, 0.3) is 5.91 Å². The molecule has 1 atom stereocenters. The van der Waals surface area contributed by atoms with Crippen LogP contribution in [0.25, 0.3) is 0 Å². The molecule has 1 aromatic carbocycles. The molecule has 0 radical (unpaired) electrons. The first-order valence-corrected chi connectivity index (χ1v) is 10.7. The summed E-state index contributed by atoms with van der Waals surface area (Å²) in [6.07, 6.45) is 2.70. The fraction of sp³-hybridized carbons (Fsp3) is 0.565. The van der Waals surface area contributed by atoms with Gasteiger partial charge in [0.05, 0.1) is 0 Å². The molecule has 2 heterocycles. The van der Waals surface area contributed by atoms with Crippen LogP contribution >= 0.6 is 0 Å². The molecule has 0 bridgehead atoms. The number of aryl methyl sites for hydroxylation is 1. The molecule has 4 rings (SSSR count). The highest BCUT2D eigenvalue weighted by Gasteiger charge is 2.35. The number of hydrogen-bond acceptors (Lipinski definition) is 4. The number of carbonyl (C=O) groups excluding carboxylic acids is 1. The maximum Gasteiger partial charge on any atom is 0.276 e. The van der Waals surface area contributed by atoms with E-state index in [9.17, 15) is 13.6 Å². The molecule has 1 fully saturated rings. The summed E-state index contributed by atoms with van der Waals surface area (Å²) in [5.41, 5.74) is 1.93. The van der Waals surface area contributed by atoms with Crippen LogP contribution in [0.5, 0.6) is 0 Å². The molecule has 1 amide bonds. The minimum absolute atomic E-state index is 0.0915. The van der Waals surface area contributed by atoms with Gasteiger partial charge < -0.3 is 9.42 Å².